The minimum atomic E-state index is -4.49. The number of hydrogen-bond acceptors (Lipinski definition) is 3. The number of ether oxygens (including phenoxy) is 1. The van der Waals surface area contributed by atoms with Crippen molar-refractivity contribution in [3.63, 3.8) is 0 Å². The van der Waals surface area contributed by atoms with Crippen molar-refractivity contribution in [2.75, 3.05) is 7.11 Å². The van der Waals surface area contributed by atoms with E-state index in [9.17, 15) is 22.8 Å². The molecule has 0 aliphatic heterocycles. The number of aromatic amines is 1. The number of esters is 1. The van der Waals surface area contributed by atoms with E-state index in [1.807, 2.05) is 0 Å². The first-order valence-electron chi connectivity index (χ1n) is 5.15. The van der Waals surface area contributed by atoms with Crippen molar-refractivity contribution in [1.29, 1.82) is 0 Å². The molecule has 1 heterocycles. The molecule has 100 valence electrons. The molecule has 0 aliphatic rings. The van der Waals surface area contributed by atoms with Gasteiger partial charge < -0.3 is 9.72 Å². The van der Waals surface area contributed by atoms with Crippen molar-refractivity contribution in [3.05, 3.63) is 45.7 Å². The zero-order chi connectivity index (χ0) is 14.2. The van der Waals surface area contributed by atoms with E-state index >= 15 is 0 Å². The smallest absolute Gasteiger partial charge is 0.416 e. The molecule has 0 fully saturated rings. The molecule has 0 saturated carbocycles. The molecule has 0 atom stereocenters. The highest BCUT2D eigenvalue weighted by Gasteiger charge is 2.30. The first kappa shape index (κ1) is 13.1. The molecule has 7 heteroatoms. The minimum Gasteiger partial charge on any atom is -0.465 e. The first-order chi connectivity index (χ1) is 8.84. The molecule has 1 aromatic carbocycles. The van der Waals surface area contributed by atoms with Crippen LogP contribution in [0.25, 0.3) is 10.9 Å². The molecule has 4 nitrogen and oxygen atoms in total. The fourth-order valence-corrected chi connectivity index (χ4v) is 1.66. The predicted molar refractivity (Wildman–Crippen MR) is 60.9 cm³/mol. The fourth-order valence-electron chi connectivity index (χ4n) is 1.66. The van der Waals surface area contributed by atoms with Crippen molar-refractivity contribution in [2.45, 2.75) is 6.18 Å². The highest BCUT2D eigenvalue weighted by molar-refractivity contribution is 5.93. The van der Waals surface area contributed by atoms with Gasteiger partial charge in [-0.05, 0) is 18.2 Å². The average Bonchev–Trinajstić information content (AvgIpc) is 2.37. The Morgan fingerprint density at radius 2 is 2.00 bits per heavy atom. The van der Waals surface area contributed by atoms with Gasteiger partial charge in [0.2, 0.25) is 5.43 Å². The van der Waals surface area contributed by atoms with Gasteiger partial charge in [0.25, 0.3) is 0 Å². The van der Waals surface area contributed by atoms with Crippen LogP contribution in [0.3, 0.4) is 0 Å². The monoisotopic (exact) mass is 271 g/mol. The number of alkyl halides is 3. The van der Waals surface area contributed by atoms with Gasteiger partial charge in [-0.15, -0.1) is 0 Å². The Balaban J connectivity index is 2.67. The van der Waals surface area contributed by atoms with Crippen LogP contribution in [0, 0.1) is 0 Å². The Labute approximate surface area is 104 Å². The second-order valence-corrected chi connectivity index (χ2v) is 3.78. The SMILES string of the molecule is COC(=O)c1c[nH]c2cc(C(F)(F)F)ccc2c1=O. The Kier molecular flexibility index (Phi) is 3.05. The summed E-state index contributed by atoms with van der Waals surface area (Å²) in [7, 11) is 1.11. The lowest BCUT2D eigenvalue weighted by molar-refractivity contribution is -0.137. The van der Waals surface area contributed by atoms with E-state index in [0.717, 1.165) is 31.5 Å². The largest absolute Gasteiger partial charge is 0.465 e. The summed E-state index contributed by atoms with van der Waals surface area (Å²) in [4.78, 5) is 25.7. The lowest BCUT2D eigenvalue weighted by Gasteiger charge is -2.08. The zero-order valence-electron chi connectivity index (χ0n) is 9.67. The number of benzene rings is 1. The molecule has 0 radical (unpaired) electrons. The van der Waals surface area contributed by atoms with Gasteiger partial charge in [0.05, 0.1) is 12.7 Å². The Bertz CT molecular complexity index is 703. The van der Waals surface area contributed by atoms with Gasteiger partial charge in [-0.3, -0.25) is 4.79 Å². The Morgan fingerprint density at radius 3 is 2.58 bits per heavy atom. The molecule has 0 unspecified atom stereocenters. The van der Waals surface area contributed by atoms with Gasteiger partial charge in [-0.2, -0.15) is 13.2 Å². The van der Waals surface area contributed by atoms with Crippen molar-refractivity contribution in [2.24, 2.45) is 0 Å². The van der Waals surface area contributed by atoms with Crippen LogP contribution in [0.15, 0.2) is 29.2 Å². The van der Waals surface area contributed by atoms with Crippen LogP contribution in [0.2, 0.25) is 0 Å². The first-order valence-corrected chi connectivity index (χ1v) is 5.15. The standard InChI is InChI=1S/C12H8F3NO3/c1-19-11(18)8-5-16-9-4-6(12(13,14)15)2-3-7(9)10(8)17/h2-5H,1H3,(H,16,17). The van der Waals surface area contributed by atoms with Crippen LogP contribution in [-0.4, -0.2) is 18.1 Å². The third-order valence-electron chi connectivity index (χ3n) is 2.61. The second-order valence-electron chi connectivity index (χ2n) is 3.78. The van der Waals surface area contributed by atoms with Crippen LogP contribution in [-0.2, 0) is 10.9 Å². The Morgan fingerprint density at radius 1 is 1.32 bits per heavy atom. The summed E-state index contributed by atoms with van der Waals surface area (Å²) in [5, 5.41) is -0.00380. The van der Waals surface area contributed by atoms with Crippen LogP contribution >= 0.6 is 0 Å². The third-order valence-corrected chi connectivity index (χ3v) is 2.61. The van der Waals surface area contributed by atoms with Gasteiger partial charge in [-0.1, -0.05) is 0 Å². The molecule has 19 heavy (non-hydrogen) atoms. The number of halogens is 3. The van der Waals surface area contributed by atoms with Crippen LogP contribution in [0.1, 0.15) is 15.9 Å². The topological polar surface area (TPSA) is 59.2 Å². The number of carbonyl (C=O) groups excluding carboxylic acids is 1. The maximum absolute atomic E-state index is 12.5. The number of carbonyl (C=O) groups is 1. The Hall–Kier alpha value is -2.31. The maximum Gasteiger partial charge on any atom is 0.416 e. The van der Waals surface area contributed by atoms with Gasteiger partial charge in [0, 0.05) is 17.1 Å². The molecular weight excluding hydrogens is 263 g/mol. The summed E-state index contributed by atoms with van der Waals surface area (Å²) in [6.07, 6.45) is -3.46. The van der Waals surface area contributed by atoms with Gasteiger partial charge in [0.1, 0.15) is 5.56 Å². The number of fused-ring (bicyclic) bond motifs is 1. The lowest BCUT2D eigenvalue weighted by Crippen LogP contribution is -2.17. The van der Waals surface area contributed by atoms with Crippen molar-refractivity contribution in [1.82, 2.24) is 4.98 Å². The number of hydrogen-bond donors (Lipinski definition) is 1. The van der Waals surface area contributed by atoms with Crippen molar-refractivity contribution < 1.29 is 22.7 Å². The highest BCUT2D eigenvalue weighted by atomic mass is 19.4. The number of H-pyrrole nitrogens is 1. The summed E-state index contributed by atoms with van der Waals surface area (Å²) >= 11 is 0. The number of rotatable bonds is 1. The van der Waals surface area contributed by atoms with Crippen LogP contribution < -0.4 is 5.43 Å². The molecule has 2 rings (SSSR count). The van der Waals surface area contributed by atoms with E-state index in [1.54, 1.807) is 0 Å². The molecule has 1 aromatic heterocycles. The van der Waals surface area contributed by atoms with E-state index in [0.29, 0.717) is 0 Å². The fraction of sp³-hybridized carbons (Fsp3) is 0.167. The molecule has 0 amide bonds. The van der Waals surface area contributed by atoms with Gasteiger partial charge in [-0.25, -0.2) is 4.79 Å². The molecular formula is C12H8F3NO3. The van der Waals surface area contributed by atoms with Crippen molar-refractivity contribution >= 4 is 16.9 Å². The summed E-state index contributed by atoms with van der Waals surface area (Å²) in [5.41, 5.74) is -1.79. The quantitative estimate of drug-likeness (QED) is 0.810. The number of nitrogens with one attached hydrogen (secondary N) is 1. The molecule has 0 bridgehead atoms. The van der Waals surface area contributed by atoms with Gasteiger partial charge >= 0.3 is 12.1 Å². The summed E-state index contributed by atoms with van der Waals surface area (Å²) < 4.78 is 41.9. The predicted octanol–water partition coefficient (Wildman–Crippen LogP) is 2.33. The van der Waals surface area contributed by atoms with E-state index in [2.05, 4.69) is 9.72 Å². The van der Waals surface area contributed by atoms with E-state index in [1.165, 1.54) is 0 Å². The molecule has 1 N–H and O–H groups in total. The van der Waals surface area contributed by atoms with Crippen molar-refractivity contribution in [3.8, 4) is 0 Å². The van der Waals surface area contributed by atoms with E-state index < -0.39 is 23.1 Å². The summed E-state index contributed by atoms with van der Waals surface area (Å²) in [6.45, 7) is 0. The van der Waals surface area contributed by atoms with E-state index in [4.69, 9.17) is 0 Å². The van der Waals surface area contributed by atoms with Crippen LogP contribution in [0.4, 0.5) is 13.2 Å². The number of aromatic nitrogens is 1. The minimum absolute atomic E-state index is 0.00380. The highest BCUT2D eigenvalue weighted by Crippen LogP contribution is 2.30. The summed E-state index contributed by atoms with van der Waals surface area (Å²) in [5.74, 6) is -0.844. The lowest BCUT2D eigenvalue weighted by atomic mass is 10.1. The molecule has 0 aliphatic carbocycles. The van der Waals surface area contributed by atoms with Gasteiger partial charge in [0.15, 0.2) is 0 Å². The normalized spacial score (nSPS) is 11.6. The molecule has 0 saturated heterocycles. The maximum atomic E-state index is 12.5. The van der Waals surface area contributed by atoms with Crippen LogP contribution in [0.5, 0.6) is 0 Å². The molecule has 0 spiro atoms. The third kappa shape index (κ3) is 2.31. The molecule has 2 aromatic rings. The number of methoxy groups -OCH3 is 1. The van der Waals surface area contributed by atoms with E-state index in [-0.39, 0.29) is 16.5 Å². The number of pyridine rings is 1. The second kappa shape index (κ2) is 4.42. The summed E-state index contributed by atoms with van der Waals surface area (Å²) in [6, 6.07) is 2.64. The average molecular weight is 271 g/mol. The zero-order valence-corrected chi connectivity index (χ0v) is 9.67.